The van der Waals surface area contributed by atoms with E-state index in [9.17, 15) is 0 Å². The summed E-state index contributed by atoms with van der Waals surface area (Å²) >= 11 is 0. The molecule has 2 saturated carbocycles. The summed E-state index contributed by atoms with van der Waals surface area (Å²) in [5.41, 5.74) is 2.87. The Morgan fingerprint density at radius 1 is 0.960 bits per heavy atom. The van der Waals surface area contributed by atoms with Crippen LogP contribution in [-0.4, -0.2) is 0 Å². The fourth-order valence-corrected chi connectivity index (χ4v) is 8.53. The average molecular weight is 347 g/mol. The highest BCUT2D eigenvalue weighted by Gasteiger charge is 2.71. The molecule has 2 aliphatic rings. The molecule has 0 aromatic heterocycles. The van der Waals surface area contributed by atoms with E-state index >= 15 is 0 Å². The molecule has 0 heteroatoms. The molecule has 7 unspecified atom stereocenters. The van der Waals surface area contributed by atoms with Gasteiger partial charge in [-0.1, -0.05) is 81.4 Å². The lowest BCUT2D eigenvalue weighted by molar-refractivity contribution is -0.252. The Morgan fingerprint density at radius 3 is 1.96 bits per heavy atom. The van der Waals surface area contributed by atoms with E-state index in [-0.39, 0.29) is 5.41 Å². The molecule has 0 N–H and O–H groups in total. The summed E-state index contributed by atoms with van der Waals surface area (Å²) in [6.07, 6.45) is 6.44. The van der Waals surface area contributed by atoms with Crippen molar-refractivity contribution in [3.63, 3.8) is 0 Å². The summed E-state index contributed by atoms with van der Waals surface area (Å²) in [6, 6.07) is 0. The zero-order valence-corrected chi connectivity index (χ0v) is 19.1. The van der Waals surface area contributed by atoms with Crippen LogP contribution in [-0.2, 0) is 0 Å². The third-order valence-corrected chi connectivity index (χ3v) is 10.3. The summed E-state index contributed by atoms with van der Waals surface area (Å²) in [5, 5.41) is 0. The Balaban J connectivity index is 2.89. The number of allylic oxidation sites excluding steroid dienone is 1. The third kappa shape index (κ3) is 2.31. The highest BCUT2D eigenvalue weighted by molar-refractivity contribution is 5.28. The Bertz CT molecular complexity index is 514. The van der Waals surface area contributed by atoms with Crippen molar-refractivity contribution in [3.8, 4) is 0 Å². The van der Waals surface area contributed by atoms with Gasteiger partial charge in [-0.25, -0.2) is 0 Å². The van der Waals surface area contributed by atoms with Crippen molar-refractivity contribution in [2.24, 2.45) is 45.3 Å². The Hall–Kier alpha value is -0.260. The summed E-state index contributed by atoms with van der Waals surface area (Å²) in [4.78, 5) is 0. The van der Waals surface area contributed by atoms with Gasteiger partial charge in [0, 0.05) is 0 Å². The molecule has 0 aromatic carbocycles. The first-order valence-corrected chi connectivity index (χ1v) is 11.1. The van der Waals surface area contributed by atoms with Crippen LogP contribution < -0.4 is 0 Å². The molecule has 0 spiro atoms. The van der Waals surface area contributed by atoms with Gasteiger partial charge in [0.2, 0.25) is 0 Å². The van der Waals surface area contributed by atoms with Crippen LogP contribution in [0.5, 0.6) is 0 Å². The number of rotatable bonds is 4. The van der Waals surface area contributed by atoms with Gasteiger partial charge in [-0.3, -0.25) is 0 Å². The minimum Gasteiger partial charge on any atom is -0.0993 e. The van der Waals surface area contributed by atoms with Gasteiger partial charge in [-0.15, -0.1) is 0 Å². The molecule has 0 amide bonds. The van der Waals surface area contributed by atoms with E-state index in [2.05, 4.69) is 69.2 Å². The molecule has 0 saturated heterocycles. The maximum absolute atomic E-state index is 4.74. The van der Waals surface area contributed by atoms with Crippen molar-refractivity contribution in [1.82, 2.24) is 0 Å². The molecule has 25 heavy (non-hydrogen) atoms. The van der Waals surface area contributed by atoms with Crippen molar-refractivity contribution in [1.29, 1.82) is 0 Å². The first-order valence-electron chi connectivity index (χ1n) is 11.1. The first kappa shape index (κ1) is 21.0. The Morgan fingerprint density at radius 2 is 1.52 bits per heavy atom. The van der Waals surface area contributed by atoms with Gasteiger partial charge >= 0.3 is 0 Å². The van der Waals surface area contributed by atoms with Crippen molar-refractivity contribution >= 4 is 0 Å². The maximum atomic E-state index is 4.74. The van der Waals surface area contributed by atoms with Gasteiger partial charge < -0.3 is 0 Å². The van der Waals surface area contributed by atoms with E-state index in [4.69, 9.17) is 6.58 Å². The largest absolute Gasteiger partial charge is 0.0993 e. The molecule has 0 nitrogen and oxygen atoms in total. The monoisotopic (exact) mass is 346 g/mol. The number of fused-ring (bicyclic) bond motifs is 1. The van der Waals surface area contributed by atoms with Gasteiger partial charge in [-0.2, -0.15) is 0 Å². The smallest absolute Gasteiger partial charge is 0.000113 e. The zero-order chi connectivity index (χ0) is 19.4. The van der Waals surface area contributed by atoms with Gasteiger partial charge in [0.1, 0.15) is 0 Å². The fourth-order valence-electron chi connectivity index (χ4n) is 8.53. The lowest BCUT2D eigenvalue weighted by Crippen LogP contribution is -2.69. The molecular weight excluding hydrogens is 300 g/mol. The number of hydrogen-bond donors (Lipinski definition) is 0. The van der Waals surface area contributed by atoms with Crippen LogP contribution >= 0.6 is 0 Å². The van der Waals surface area contributed by atoms with E-state index in [1.54, 1.807) is 0 Å². The normalized spacial score (nSPS) is 49.5. The quantitative estimate of drug-likeness (QED) is 0.451. The second-order valence-electron chi connectivity index (χ2n) is 10.8. The van der Waals surface area contributed by atoms with E-state index in [1.165, 1.54) is 31.3 Å². The van der Waals surface area contributed by atoms with Crippen molar-refractivity contribution in [2.75, 3.05) is 0 Å². The van der Waals surface area contributed by atoms with Crippen LogP contribution in [0.3, 0.4) is 0 Å². The van der Waals surface area contributed by atoms with Gasteiger partial charge in [0.05, 0.1) is 0 Å². The van der Waals surface area contributed by atoms with Crippen LogP contribution in [0, 0.1) is 45.3 Å². The molecule has 0 radical (unpaired) electrons. The molecule has 2 fully saturated rings. The van der Waals surface area contributed by atoms with Gasteiger partial charge in [0.15, 0.2) is 0 Å². The molecule has 0 aliphatic heterocycles. The topological polar surface area (TPSA) is 0 Å². The van der Waals surface area contributed by atoms with Crippen LogP contribution in [0.15, 0.2) is 12.2 Å². The second kappa shape index (κ2) is 6.42. The van der Waals surface area contributed by atoms with Crippen molar-refractivity contribution < 1.29 is 0 Å². The highest BCUT2D eigenvalue weighted by Crippen LogP contribution is 2.77. The van der Waals surface area contributed by atoms with Gasteiger partial charge in [-0.05, 0) is 77.4 Å². The van der Waals surface area contributed by atoms with E-state index in [1.807, 2.05) is 0 Å². The second-order valence-corrected chi connectivity index (χ2v) is 10.8. The lowest BCUT2D eigenvalue weighted by atomic mass is 9.29. The van der Waals surface area contributed by atoms with Crippen molar-refractivity contribution in [3.05, 3.63) is 12.2 Å². The van der Waals surface area contributed by atoms with Crippen LogP contribution in [0.4, 0.5) is 0 Å². The molecule has 2 rings (SSSR count). The fraction of sp³-hybridized carbons (Fsp3) is 0.920. The highest BCUT2D eigenvalue weighted by atomic mass is 14.7. The first-order chi connectivity index (χ1) is 11.4. The summed E-state index contributed by atoms with van der Waals surface area (Å²) in [5.74, 6) is 3.08. The van der Waals surface area contributed by atoms with Gasteiger partial charge in [0.25, 0.3) is 0 Å². The predicted octanol–water partition coefficient (Wildman–Crippen LogP) is 8.13. The summed E-state index contributed by atoms with van der Waals surface area (Å²) in [6.45, 7) is 30.1. The standard InChI is InChI=1S/C25H46/c1-12-17(4)24(11)23(10,13-2)20(7)19(6)21-22(8,9)16-15-18(5)25(21,24)14-3/h18-21H,4,12-16H2,1-3,5-11H3. The third-order valence-electron chi connectivity index (χ3n) is 10.3. The van der Waals surface area contributed by atoms with Crippen LogP contribution in [0.1, 0.15) is 101 Å². The Labute approximate surface area is 159 Å². The molecule has 0 aromatic rings. The lowest BCUT2D eigenvalue weighted by Gasteiger charge is -2.75. The molecule has 2 aliphatic carbocycles. The SMILES string of the molecule is C=C(CC)C1(C)C(C)(CC)C(C)C(C)C2C(C)(C)CCC(C)C21CC. The zero-order valence-electron chi connectivity index (χ0n) is 19.1. The summed E-state index contributed by atoms with van der Waals surface area (Å²) in [7, 11) is 0. The summed E-state index contributed by atoms with van der Waals surface area (Å²) < 4.78 is 0. The van der Waals surface area contributed by atoms with Crippen LogP contribution in [0.25, 0.3) is 0 Å². The molecule has 0 heterocycles. The average Bonchev–Trinajstić information content (AvgIpc) is 2.58. The molecule has 146 valence electrons. The van der Waals surface area contributed by atoms with Crippen LogP contribution in [0.2, 0.25) is 0 Å². The number of hydrogen-bond acceptors (Lipinski definition) is 0. The van der Waals surface area contributed by atoms with Crippen molar-refractivity contribution in [2.45, 2.75) is 101 Å². The predicted molar refractivity (Wildman–Crippen MR) is 113 cm³/mol. The van der Waals surface area contributed by atoms with E-state index in [0.29, 0.717) is 16.2 Å². The molecule has 7 atom stereocenters. The van der Waals surface area contributed by atoms with E-state index in [0.717, 1.165) is 30.1 Å². The van der Waals surface area contributed by atoms with E-state index < -0.39 is 0 Å². The molecule has 0 bridgehead atoms. The minimum atomic E-state index is 0.214. The Kier molecular flexibility index (Phi) is 5.40. The minimum absolute atomic E-state index is 0.214. The maximum Gasteiger partial charge on any atom is -0.000113 e. The molecular formula is C25H46.